The smallest absolute Gasteiger partial charge is 0.409 e. The van der Waals surface area contributed by atoms with E-state index in [-0.39, 0.29) is 5.48 Å². The van der Waals surface area contributed by atoms with Crippen LogP contribution >= 0.6 is 0 Å². The SMILES string of the molecule is O.O=C(O)C(=O)F. The third kappa shape index (κ3) is 5.03. The molecule has 7 heavy (non-hydrogen) atoms. The van der Waals surface area contributed by atoms with Crippen LogP contribution in [0.4, 0.5) is 4.39 Å². The highest BCUT2D eigenvalue weighted by molar-refractivity contribution is 6.28. The lowest BCUT2D eigenvalue weighted by atomic mass is 10.8. The molecule has 0 spiro atoms. The fraction of sp³-hybridized carbons (Fsp3) is 0. The van der Waals surface area contributed by atoms with Crippen molar-refractivity contribution in [3.05, 3.63) is 0 Å². The topological polar surface area (TPSA) is 85.9 Å². The van der Waals surface area contributed by atoms with E-state index in [0.29, 0.717) is 0 Å². The summed E-state index contributed by atoms with van der Waals surface area (Å²) in [4.78, 5) is 17.9. The Kier molecular flexibility index (Phi) is 4.33. The van der Waals surface area contributed by atoms with Crippen LogP contribution in [0.2, 0.25) is 0 Å². The molecule has 0 saturated carbocycles. The van der Waals surface area contributed by atoms with Gasteiger partial charge in [0.15, 0.2) is 0 Å². The van der Waals surface area contributed by atoms with Crippen molar-refractivity contribution in [2.75, 3.05) is 0 Å². The predicted molar refractivity (Wildman–Crippen MR) is 17.4 cm³/mol. The average Bonchev–Trinajstić information content (AvgIpc) is 1.36. The highest BCUT2D eigenvalue weighted by Gasteiger charge is 2.05. The second-order valence-electron chi connectivity index (χ2n) is 0.579. The summed E-state index contributed by atoms with van der Waals surface area (Å²) in [6.45, 7) is 0. The average molecular weight is 110 g/mol. The first-order valence-corrected chi connectivity index (χ1v) is 1.07. The molecule has 0 amide bonds. The van der Waals surface area contributed by atoms with Gasteiger partial charge in [0.2, 0.25) is 0 Å². The number of carbonyl (C=O) groups is 2. The van der Waals surface area contributed by atoms with E-state index in [4.69, 9.17) is 14.7 Å². The zero-order valence-corrected chi connectivity index (χ0v) is 3.14. The van der Waals surface area contributed by atoms with E-state index in [0.717, 1.165) is 0 Å². The molecule has 0 aromatic heterocycles. The van der Waals surface area contributed by atoms with Gasteiger partial charge < -0.3 is 10.6 Å². The molecule has 0 rings (SSSR count). The molecular formula is C2H3FO4. The molecule has 0 unspecified atom stereocenters. The molecule has 3 N–H and O–H groups in total. The number of aliphatic carboxylic acids is 1. The molecule has 0 aromatic rings. The van der Waals surface area contributed by atoms with Gasteiger partial charge in [-0.3, -0.25) is 0 Å². The van der Waals surface area contributed by atoms with Gasteiger partial charge in [0, 0.05) is 0 Å². The Morgan fingerprint density at radius 2 is 1.57 bits per heavy atom. The van der Waals surface area contributed by atoms with E-state index < -0.39 is 12.0 Å². The van der Waals surface area contributed by atoms with Crippen molar-refractivity contribution in [3.63, 3.8) is 0 Å². The molecule has 42 valence electrons. The number of carbonyl (C=O) groups excluding carboxylic acids is 1. The first-order chi connectivity index (χ1) is 2.64. The van der Waals surface area contributed by atoms with E-state index in [1.165, 1.54) is 0 Å². The summed E-state index contributed by atoms with van der Waals surface area (Å²) in [7, 11) is 0. The lowest BCUT2D eigenvalue weighted by molar-refractivity contribution is -0.154. The van der Waals surface area contributed by atoms with E-state index in [1.807, 2.05) is 0 Å². The van der Waals surface area contributed by atoms with Crippen molar-refractivity contribution in [1.29, 1.82) is 0 Å². The lowest BCUT2D eigenvalue weighted by Crippen LogP contribution is -2.04. The third-order valence-electron chi connectivity index (χ3n) is 0.168. The summed E-state index contributed by atoms with van der Waals surface area (Å²) in [6.07, 6.45) is 0. The Bertz CT molecular complexity index is 75.7. The number of carboxylic acids is 1. The molecular weight excluding hydrogens is 107 g/mol. The van der Waals surface area contributed by atoms with Crippen molar-refractivity contribution < 1.29 is 24.6 Å². The molecule has 0 fully saturated rings. The van der Waals surface area contributed by atoms with Gasteiger partial charge in [-0.25, -0.2) is 9.59 Å². The van der Waals surface area contributed by atoms with E-state index in [9.17, 15) is 4.39 Å². The fourth-order valence-corrected chi connectivity index (χ4v) is 0. The van der Waals surface area contributed by atoms with Gasteiger partial charge in [-0.05, 0) is 0 Å². The van der Waals surface area contributed by atoms with Gasteiger partial charge in [0.25, 0.3) is 0 Å². The number of halogens is 1. The van der Waals surface area contributed by atoms with Crippen molar-refractivity contribution in [3.8, 4) is 0 Å². The quantitative estimate of drug-likeness (QED) is 0.337. The minimum Gasteiger partial charge on any atom is -0.473 e. The second-order valence-corrected chi connectivity index (χ2v) is 0.579. The first kappa shape index (κ1) is 9.39. The summed E-state index contributed by atoms with van der Waals surface area (Å²) in [5.41, 5.74) is 0. The van der Waals surface area contributed by atoms with Gasteiger partial charge in [-0.1, -0.05) is 0 Å². The highest BCUT2D eigenvalue weighted by atomic mass is 19.1. The number of carboxylic acid groups (broad SMARTS) is 1. The van der Waals surface area contributed by atoms with Crippen LogP contribution in [0.25, 0.3) is 0 Å². The highest BCUT2D eigenvalue weighted by Crippen LogP contribution is 1.67. The zero-order valence-electron chi connectivity index (χ0n) is 3.14. The van der Waals surface area contributed by atoms with Gasteiger partial charge in [0.1, 0.15) is 0 Å². The van der Waals surface area contributed by atoms with Crippen LogP contribution in [-0.2, 0) is 9.59 Å². The van der Waals surface area contributed by atoms with Crippen LogP contribution in [0.5, 0.6) is 0 Å². The Hall–Kier alpha value is -0.970. The van der Waals surface area contributed by atoms with Crippen molar-refractivity contribution in [2.45, 2.75) is 0 Å². The molecule has 0 radical (unpaired) electrons. The summed E-state index contributed by atoms with van der Waals surface area (Å²) in [6, 6.07) is -2.32. The zero-order chi connectivity index (χ0) is 5.15. The van der Waals surface area contributed by atoms with Crippen molar-refractivity contribution in [1.82, 2.24) is 0 Å². The number of hydrogen-bond acceptors (Lipinski definition) is 2. The Morgan fingerprint density at radius 1 is 1.43 bits per heavy atom. The van der Waals surface area contributed by atoms with Crippen LogP contribution in [0.3, 0.4) is 0 Å². The molecule has 0 aliphatic carbocycles. The summed E-state index contributed by atoms with van der Waals surface area (Å²) in [5, 5.41) is 7.27. The third-order valence-corrected chi connectivity index (χ3v) is 0.168. The van der Waals surface area contributed by atoms with Crippen molar-refractivity contribution >= 4 is 12.0 Å². The van der Waals surface area contributed by atoms with Gasteiger partial charge in [-0.2, -0.15) is 4.39 Å². The van der Waals surface area contributed by atoms with Crippen LogP contribution in [-0.4, -0.2) is 22.6 Å². The van der Waals surface area contributed by atoms with Gasteiger partial charge in [-0.15, -0.1) is 0 Å². The maximum Gasteiger partial charge on any atom is 0.409 e. The summed E-state index contributed by atoms with van der Waals surface area (Å²) >= 11 is 0. The van der Waals surface area contributed by atoms with Gasteiger partial charge in [0.05, 0.1) is 0 Å². The molecule has 5 heteroatoms. The number of hydrogen-bond donors (Lipinski definition) is 1. The lowest BCUT2D eigenvalue weighted by Gasteiger charge is -1.68. The Balaban J connectivity index is 0. The molecule has 0 atom stereocenters. The van der Waals surface area contributed by atoms with E-state index in [2.05, 4.69) is 0 Å². The minimum absolute atomic E-state index is 0. The second kappa shape index (κ2) is 3.23. The minimum atomic E-state index is -2.32. The normalized spacial score (nSPS) is 6.43. The fourth-order valence-electron chi connectivity index (χ4n) is 0. The molecule has 0 aromatic carbocycles. The van der Waals surface area contributed by atoms with Gasteiger partial charge >= 0.3 is 12.0 Å². The van der Waals surface area contributed by atoms with Crippen LogP contribution in [0.15, 0.2) is 0 Å². The van der Waals surface area contributed by atoms with E-state index in [1.54, 1.807) is 0 Å². The first-order valence-electron chi connectivity index (χ1n) is 1.07. The molecule has 0 heterocycles. The standard InChI is InChI=1S/C2HFO3.H2O/c3-1(4)2(5)6;/h(H,5,6);1H2. The van der Waals surface area contributed by atoms with Crippen LogP contribution in [0, 0.1) is 0 Å². The monoisotopic (exact) mass is 110 g/mol. The Labute approximate surface area is 37.9 Å². The molecule has 0 aliphatic rings. The van der Waals surface area contributed by atoms with Crippen molar-refractivity contribution in [2.24, 2.45) is 0 Å². The number of rotatable bonds is 1. The molecule has 4 nitrogen and oxygen atoms in total. The summed E-state index contributed by atoms with van der Waals surface area (Å²) in [5.74, 6) is -2.05. The molecule has 0 saturated heterocycles. The largest absolute Gasteiger partial charge is 0.473 e. The van der Waals surface area contributed by atoms with Crippen LogP contribution < -0.4 is 0 Å². The summed E-state index contributed by atoms with van der Waals surface area (Å²) < 4.78 is 10.6. The Morgan fingerprint density at radius 3 is 1.57 bits per heavy atom. The van der Waals surface area contributed by atoms with E-state index >= 15 is 0 Å². The maximum atomic E-state index is 10.6. The molecule has 0 aliphatic heterocycles. The predicted octanol–water partition coefficient (Wildman–Crippen LogP) is -1.26. The maximum absolute atomic E-state index is 10.6. The van der Waals surface area contributed by atoms with Crippen LogP contribution in [0.1, 0.15) is 0 Å². The molecule has 0 bridgehead atoms.